The number of rotatable bonds is 9. The molecule has 1 saturated heterocycles. The Balaban J connectivity index is 1.31. The maximum Gasteiger partial charge on any atom is 0.273 e. The second kappa shape index (κ2) is 11.5. The number of benzene rings is 2. The van der Waals surface area contributed by atoms with E-state index < -0.39 is 0 Å². The molecule has 0 radical (unpaired) electrons. The quantitative estimate of drug-likeness (QED) is 0.506. The molecule has 0 spiro atoms. The average molecular weight is 478 g/mol. The molecule has 9 nitrogen and oxygen atoms in total. The predicted molar refractivity (Wildman–Crippen MR) is 134 cm³/mol. The van der Waals surface area contributed by atoms with Crippen molar-refractivity contribution >= 4 is 11.6 Å². The molecule has 0 bridgehead atoms. The van der Waals surface area contributed by atoms with Gasteiger partial charge in [0.15, 0.2) is 5.82 Å². The minimum atomic E-state index is -0.328. The Bertz CT molecular complexity index is 1200. The van der Waals surface area contributed by atoms with Gasteiger partial charge in [-0.3, -0.25) is 9.59 Å². The smallest absolute Gasteiger partial charge is 0.273 e. The number of methoxy groups -OCH3 is 1. The summed E-state index contributed by atoms with van der Waals surface area (Å²) in [5, 5.41) is 8.28. The molecule has 0 saturated carbocycles. The van der Waals surface area contributed by atoms with E-state index in [4.69, 9.17) is 9.47 Å². The van der Waals surface area contributed by atoms with Crippen molar-refractivity contribution in [2.45, 2.75) is 26.2 Å². The molecule has 0 aliphatic carbocycles. The lowest BCUT2D eigenvalue weighted by Crippen LogP contribution is -2.48. The lowest BCUT2D eigenvalue weighted by molar-refractivity contribution is -0.131. The van der Waals surface area contributed by atoms with Crippen molar-refractivity contribution in [2.75, 3.05) is 44.8 Å². The van der Waals surface area contributed by atoms with E-state index in [9.17, 15) is 9.59 Å². The monoisotopic (exact) mass is 477 g/mol. The fraction of sp³-hybridized carbons (Fsp3) is 0.385. The van der Waals surface area contributed by atoms with Gasteiger partial charge < -0.3 is 24.3 Å². The van der Waals surface area contributed by atoms with E-state index in [1.807, 2.05) is 60.4 Å². The van der Waals surface area contributed by atoms with Crippen LogP contribution in [0, 0.1) is 0 Å². The number of aryl methyl sites for hydroxylation is 1. The van der Waals surface area contributed by atoms with Gasteiger partial charge >= 0.3 is 0 Å². The number of carbonyl (C=O) groups is 1. The second-order valence-corrected chi connectivity index (χ2v) is 8.40. The lowest BCUT2D eigenvalue weighted by atomic mass is 10.2. The van der Waals surface area contributed by atoms with E-state index in [0.29, 0.717) is 31.3 Å². The fourth-order valence-corrected chi connectivity index (χ4v) is 4.01. The van der Waals surface area contributed by atoms with Crippen LogP contribution in [0.25, 0.3) is 11.4 Å². The molecule has 184 valence electrons. The zero-order valence-electron chi connectivity index (χ0n) is 20.2. The van der Waals surface area contributed by atoms with E-state index in [2.05, 4.69) is 20.1 Å². The first-order valence-electron chi connectivity index (χ1n) is 11.9. The highest BCUT2D eigenvalue weighted by atomic mass is 16.5. The number of carbonyl (C=O) groups excluding carboxylic acids is 1. The molecule has 0 atom stereocenters. The highest BCUT2D eigenvalue weighted by Crippen LogP contribution is 2.22. The summed E-state index contributed by atoms with van der Waals surface area (Å²) >= 11 is 0. The van der Waals surface area contributed by atoms with Crippen LogP contribution in [0.15, 0.2) is 53.3 Å². The first kappa shape index (κ1) is 24.3. The number of H-pyrrole nitrogens is 1. The van der Waals surface area contributed by atoms with Gasteiger partial charge in [0.2, 0.25) is 5.91 Å². The van der Waals surface area contributed by atoms with Crippen LogP contribution in [0.1, 0.15) is 25.5 Å². The largest absolute Gasteiger partial charge is 0.497 e. The normalized spacial score (nSPS) is 13.5. The molecule has 0 unspecified atom stereocenters. The first-order chi connectivity index (χ1) is 17.1. The van der Waals surface area contributed by atoms with Gasteiger partial charge in [-0.1, -0.05) is 25.1 Å². The number of nitrogens with one attached hydrogen (secondary N) is 1. The molecule has 1 fully saturated rings. The highest BCUT2D eigenvalue weighted by Gasteiger charge is 2.22. The molecule has 9 heteroatoms. The molecule has 1 amide bonds. The van der Waals surface area contributed by atoms with Crippen LogP contribution in [0.4, 0.5) is 5.69 Å². The summed E-state index contributed by atoms with van der Waals surface area (Å²) in [6, 6.07) is 15.3. The number of aromatic amines is 1. The maximum absolute atomic E-state index is 12.8. The van der Waals surface area contributed by atoms with Gasteiger partial charge in [0.25, 0.3) is 5.56 Å². The van der Waals surface area contributed by atoms with E-state index in [-0.39, 0.29) is 30.0 Å². The van der Waals surface area contributed by atoms with E-state index in [1.165, 1.54) is 0 Å². The van der Waals surface area contributed by atoms with Gasteiger partial charge in [0, 0.05) is 56.3 Å². The van der Waals surface area contributed by atoms with Gasteiger partial charge in [0.1, 0.15) is 17.2 Å². The molecule has 1 N–H and O–H groups in total. The molecule has 1 aliphatic heterocycles. The highest BCUT2D eigenvalue weighted by molar-refractivity contribution is 5.76. The van der Waals surface area contributed by atoms with E-state index in [1.54, 1.807) is 7.11 Å². The predicted octanol–water partition coefficient (Wildman–Crippen LogP) is 2.91. The number of nitrogens with zero attached hydrogens (tertiary/aromatic N) is 4. The third-order valence-electron chi connectivity index (χ3n) is 5.97. The Morgan fingerprint density at radius 3 is 2.54 bits per heavy atom. The molecular formula is C26H31N5O4. The molecular weight excluding hydrogens is 446 g/mol. The van der Waals surface area contributed by atoms with Crippen molar-refractivity contribution in [1.29, 1.82) is 0 Å². The van der Waals surface area contributed by atoms with Gasteiger partial charge in [-0.15, -0.1) is 10.2 Å². The molecule has 1 aromatic heterocycles. The summed E-state index contributed by atoms with van der Waals surface area (Å²) in [5.74, 6) is 1.92. The number of piperazine rings is 1. The Labute approximate surface area is 204 Å². The van der Waals surface area contributed by atoms with Crippen molar-refractivity contribution in [3.8, 4) is 22.9 Å². The van der Waals surface area contributed by atoms with Crippen molar-refractivity contribution in [3.05, 3.63) is 64.6 Å². The average Bonchev–Trinajstić information content (AvgIpc) is 2.91. The summed E-state index contributed by atoms with van der Waals surface area (Å²) < 4.78 is 10.9. The summed E-state index contributed by atoms with van der Waals surface area (Å²) in [6.07, 6.45) is 1.38. The number of ether oxygens (including phenoxy) is 2. The summed E-state index contributed by atoms with van der Waals surface area (Å²) in [4.78, 5) is 32.2. The van der Waals surface area contributed by atoms with Gasteiger partial charge in [-0.2, -0.15) is 0 Å². The third kappa shape index (κ3) is 6.17. The van der Waals surface area contributed by atoms with Crippen LogP contribution < -0.4 is 19.9 Å². The molecule has 2 aromatic carbocycles. The third-order valence-corrected chi connectivity index (χ3v) is 5.97. The van der Waals surface area contributed by atoms with E-state index >= 15 is 0 Å². The number of amides is 1. The molecule has 3 aromatic rings. The Morgan fingerprint density at radius 1 is 1.03 bits per heavy atom. The van der Waals surface area contributed by atoms with Crippen LogP contribution in [0.2, 0.25) is 0 Å². The number of anilines is 1. The fourth-order valence-electron chi connectivity index (χ4n) is 4.01. The summed E-state index contributed by atoms with van der Waals surface area (Å²) in [6.45, 7) is 5.41. The first-order valence-corrected chi connectivity index (χ1v) is 11.9. The second-order valence-electron chi connectivity index (χ2n) is 8.40. The Hall–Kier alpha value is -3.88. The number of hydrogen-bond acceptors (Lipinski definition) is 7. The number of hydrogen-bond donors (Lipinski definition) is 1. The van der Waals surface area contributed by atoms with Crippen molar-refractivity contribution < 1.29 is 14.3 Å². The lowest BCUT2D eigenvalue weighted by Gasteiger charge is -2.36. The van der Waals surface area contributed by atoms with Crippen molar-refractivity contribution in [3.63, 3.8) is 0 Å². The SMILES string of the molecule is CCCOc1cccc(-c2nnc(CCC(=O)N3CCN(c4cccc(OC)c4)CC3)c(=O)[nH]2)c1. The summed E-state index contributed by atoms with van der Waals surface area (Å²) in [5.41, 5.74) is 1.74. The van der Waals surface area contributed by atoms with Gasteiger partial charge in [-0.25, -0.2) is 0 Å². The zero-order chi connectivity index (χ0) is 24.6. The van der Waals surface area contributed by atoms with Crippen molar-refractivity contribution in [2.24, 2.45) is 0 Å². The Morgan fingerprint density at radius 2 is 1.80 bits per heavy atom. The van der Waals surface area contributed by atoms with Crippen LogP contribution in [-0.4, -0.2) is 65.9 Å². The van der Waals surface area contributed by atoms with Crippen LogP contribution >= 0.6 is 0 Å². The Kier molecular flexibility index (Phi) is 7.97. The van der Waals surface area contributed by atoms with Crippen LogP contribution in [0.3, 0.4) is 0 Å². The van der Waals surface area contributed by atoms with Crippen LogP contribution in [-0.2, 0) is 11.2 Å². The summed E-state index contributed by atoms with van der Waals surface area (Å²) in [7, 11) is 1.65. The zero-order valence-corrected chi connectivity index (χ0v) is 20.2. The molecule has 2 heterocycles. The van der Waals surface area contributed by atoms with E-state index in [0.717, 1.165) is 36.5 Å². The van der Waals surface area contributed by atoms with Gasteiger partial charge in [-0.05, 0) is 30.7 Å². The molecule has 1 aliphatic rings. The van der Waals surface area contributed by atoms with Gasteiger partial charge in [0.05, 0.1) is 13.7 Å². The molecule has 4 rings (SSSR count). The van der Waals surface area contributed by atoms with Crippen molar-refractivity contribution in [1.82, 2.24) is 20.1 Å². The van der Waals surface area contributed by atoms with Crippen LogP contribution in [0.5, 0.6) is 11.5 Å². The minimum absolute atomic E-state index is 0.0151. The molecule has 35 heavy (non-hydrogen) atoms. The standard InChI is InChI=1S/C26H31N5O4/c1-3-16-35-22-9-4-6-19(17-22)25-27-26(33)23(28-29-25)10-11-24(32)31-14-12-30(13-15-31)20-7-5-8-21(18-20)34-2/h4-9,17-18H,3,10-16H2,1-2H3,(H,27,29,33). The number of aromatic nitrogens is 3. The minimum Gasteiger partial charge on any atom is -0.497 e. The topological polar surface area (TPSA) is 101 Å². The maximum atomic E-state index is 12.8.